The van der Waals surface area contributed by atoms with Gasteiger partial charge in [0.1, 0.15) is 0 Å². The summed E-state index contributed by atoms with van der Waals surface area (Å²) in [6.45, 7) is 0. The Labute approximate surface area is 139 Å². The average molecular weight is 445 g/mol. The zero-order valence-corrected chi connectivity index (χ0v) is 13.0. The predicted octanol–water partition coefficient (Wildman–Crippen LogP) is 5.29. The van der Waals surface area contributed by atoms with Crippen LogP contribution >= 0.6 is 22.6 Å². The first kappa shape index (κ1) is 17.4. The first-order chi connectivity index (χ1) is 10.6. The van der Waals surface area contributed by atoms with Gasteiger partial charge in [0, 0.05) is 9.64 Å². The molecule has 0 heterocycles. The van der Waals surface area contributed by atoms with Crippen LogP contribution < -0.4 is 4.74 Å². The van der Waals surface area contributed by atoms with Crippen LogP contribution in [0.15, 0.2) is 30.3 Å². The molecule has 2 aromatic rings. The number of nitro groups is 1. The molecule has 0 N–H and O–H groups in total. The van der Waals surface area contributed by atoms with Gasteiger partial charge in [0.2, 0.25) is 5.75 Å². The molecule has 0 aliphatic heterocycles. The molecule has 0 spiro atoms. The Morgan fingerprint density at radius 3 is 2.13 bits per heavy atom. The number of benzene rings is 2. The first-order valence-corrected chi connectivity index (χ1v) is 6.85. The minimum Gasteiger partial charge on any atom is -0.444 e. The SMILES string of the molecule is O=[N+]([O-])c1cc(I)ccc1Oc1c(F)cc(C(F)(F)F)cc1F. The van der Waals surface area contributed by atoms with E-state index in [1.165, 1.54) is 6.07 Å². The highest BCUT2D eigenvalue weighted by Gasteiger charge is 2.33. The summed E-state index contributed by atoms with van der Waals surface area (Å²) in [7, 11) is 0. The van der Waals surface area contributed by atoms with Gasteiger partial charge in [-0.1, -0.05) is 0 Å². The Kier molecular flexibility index (Phi) is 4.73. The van der Waals surface area contributed by atoms with Crippen molar-refractivity contribution < 1.29 is 31.6 Å². The van der Waals surface area contributed by atoms with Gasteiger partial charge in [-0.25, -0.2) is 8.78 Å². The molecule has 2 rings (SSSR count). The second kappa shape index (κ2) is 6.26. The van der Waals surface area contributed by atoms with Crippen molar-refractivity contribution in [2.45, 2.75) is 6.18 Å². The van der Waals surface area contributed by atoms with Gasteiger partial charge < -0.3 is 4.74 Å². The third-order valence-electron chi connectivity index (χ3n) is 2.66. The monoisotopic (exact) mass is 445 g/mol. The summed E-state index contributed by atoms with van der Waals surface area (Å²) < 4.78 is 70.0. The molecule has 0 bridgehead atoms. The number of halogens is 6. The molecule has 0 saturated carbocycles. The van der Waals surface area contributed by atoms with Gasteiger partial charge in [-0.05, 0) is 46.9 Å². The maximum Gasteiger partial charge on any atom is 0.416 e. The smallest absolute Gasteiger partial charge is 0.416 e. The van der Waals surface area contributed by atoms with E-state index in [0.717, 1.165) is 12.1 Å². The molecule has 0 unspecified atom stereocenters. The molecule has 23 heavy (non-hydrogen) atoms. The molecule has 0 aliphatic carbocycles. The van der Waals surface area contributed by atoms with Gasteiger partial charge in [0.15, 0.2) is 17.4 Å². The molecule has 0 aliphatic rings. The second-order valence-corrected chi connectivity index (χ2v) is 5.48. The van der Waals surface area contributed by atoms with Crippen LogP contribution in [0, 0.1) is 25.3 Å². The largest absolute Gasteiger partial charge is 0.444 e. The zero-order chi connectivity index (χ0) is 17.4. The molecule has 0 saturated heterocycles. The summed E-state index contributed by atoms with van der Waals surface area (Å²) >= 11 is 1.78. The van der Waals surface area contributed by atoms with Crippen LogP contribution in [0.1, 0.15) is 5.56 Å². The van der Waals surface area contributed by atoms with Crippen molar-refractivity contribution in [1.29, 1.82) is 0 Å². The number of nitro benzene ring substituents is 1. The van der Waals surface area contributed by atoms with E-state index < -0.39 is 45.5 Å². The van der Waals surface area contributed by atoms with E-state index >= 15 is 0 Å². The average Bonchev–Trinajstić information content (AvgIpc) is 2.42. The minimum atomic E-state index is -4.94. The molecule has 0 radical (unpaired) electrons. The molecular weight excluding hydrogens is 440 g/mol. The fraction of sp³-hybridized carbons (Fsp3) is 0.0769. The van der Waals surface area contributed by atoms with E-state index in [1.807, 2.05) is 0 Å². The quantitative estimate of drug-likeness (QED) is 0.280. The summed E-state index contributed by atoms with van der Waals surface area (Å²) in [6.07, 6.45) is -4.94. The molecule has 122 valence electrons. The summed E-state index contributed by atoms with van der Waals surface area (Å²) in [5.41, 5.74) is -2.10. The zero-order valence-electron chi connectivity index (χ0n) is 10.8. The Bertz CT molecular complexity index is 756. The molecule has 2 aromatic carbocycles. The summed E-state index contributed by atoms with van der Waals surface area (Å²) in [5, 5.41) is 10.9. The van der Waals surface area contributed by atoms with Crippen LogP contribution in [-0.4, -0.2) is 4.92 Å². The Balaban J connectivity index is 2.48. The highest BCUT2D eigenvalue weighted by atomic mass is 127. The topological polar surface area (TPSA) is 52.4 Å². The Morgan fingerprint density at radius 1 is 1.09 bits per heavy atom. The van der Waals surface area contributed by atoms with E-state index in [2.05, 4.69) is 0 Å². The number of nitrogens with zero attached hydrogens (tertiary/aromatic N) is 1. The molecule has 0 amide bonds. The minimum absolute atomic E-state index is 0.0525. The normalized spacial score (nSPS) is 11.4. The molecule has 4 nitrogen and oxygen atoms in total. The number of rotatable bonds is 3. The lowest BCUT2D eigenvalue weighted by Crippen LogP contribution is -2.07. The number of hydrogen-bond donors (Lipinski definition) is 0. The van der Waals surface area contributed by atoms with E-state index in [-0.39, 0.29) is 12.1 Å². The van der Waals surface area contributed by atoms with Gasteiger partial charge in [-0.15, -0.1) is 0 Å². The van der Waals surface area contributed by atoms with Crippen molar-refractivity contribution in [2.24, 2.45) is 0 Å². The van der Waals surface area contributed by atoms with Crippen molar-refractivity contribution in [3.63, 3.8) is 0 Å². The number of ether oxygens (including phenoxy) is 1. The van der Waals surface area contributed by atoms with Crippen molar-refractivity contribution in [2.75, 3.05) is 0 Å². The van der Waals surface area contributed by atoms with Crippen LogP contribution in [0.2, 0.25) is 0 Å². The highest BCUT2D eigenvalue weighted by molar-refractivity contribution is 14.1. The van der Waals surface area contributed by atoms with E-state index in [0.29, 0.717) is 3.57 Å². The third-order valence-corrected chi connectivity index (χ3v) is 3.33. The van der Waals surface area contributed by atoms with Crippen LogP contribution in [0.25, 0.3) is 0 Å². The van der Waals surface area contributed by atoms with Crippen molar-refractivity contribution >= 4 is 28.3 Å². The Hall–Kier alpha value is -1.98. The number of hydrogen-bond acceptors (Lipinski definition) is 3. The fourth-order valence-corrected chi connectivity index (χ4v) is 2.13. The fourth-order valence-electron chi connectivity index (χ4n) is 1.65. The molecule has 0 atom stereocenters. The van der Waals surface area contributed by atoms with Crippen LogP contribution in [-0.2, 0) is 6.18 Å². The standard InChI is InChI=1S/C13H5F5INO3/c14-8-3-6(13(16,17)18)4-9(15)12(8)23-11-2-1-7(19)5-10(11)20(21)22/h1-5H. The molecule has 0 aromatic heterocycles. The van der Waals surface area contributed by atoms with Crippen LogP contribution in [0.3, 0.4) is 0 Å². The maximum absolute atomic E-state index is 13.7. The summed E-state index contributed by atoms with van der Waals surface area (Å²) in [4.78, 5) is 10.1. The molecule has 0 fully saturated rings. The molecular formula is C13H5F5INO3. The summed E-state index contributed by atoms with van der Waals surface area (Å²) in [6, 6.07) is 3.67. The highest BCUT2D eigenvalue weighted by Crippen LogP contribution is 2.38. The third kappa shape index (κ3) is 3.86. The first-order valence-electron chi connectivity index (χ1n) is 5.77. The predicted molar refractivity (Wildman–Crippen MR) is 77.2 cm³/mol. The van der Waals surface area contributed by atoms with E-state index in [9.17, 15) is 32.1 Å². The van der Waals surface area contributed by atoms with Crippen molar-refractivity contribution in [1.82, 2.24) is 0 Å². The van der Waals surface area contributed by atoms with Crippen LogP contribution in [0.4, 0.5) is 27.6 Å². The Morgan fingerprint density at radius 2 is 1.65 bits per heavy atom. The van der Waals surface area contributed by atoms with Gasteiger partial charge >= 0.3 is 11.9 Å². The van der Waals surface area contributed by atoms with Gasteiger partial charge in [0.25, 0.3) is 0 Å². The van der Waals surface area contributed by atoms with Crippen molar-refractivity contribution in [3.8, 4) is 11.5 Å². The lowest BCUT2D eigenvalue weighted by atomic mass is 10.2. The second-order valence-electron chi connectivity index (χ2n) is 4.24. The van der Waals surface area contributed by atoms with Gasteiger partial charge in [-0.2, -0.15) is 13.2 Å². The van der Waals surface area contributed by atoms with Crippen molar-refractivity contribution in [3.05, 3.63) is 61.2 Å². The molecule has 10 heteroatoms. The summed E-state index contributed by atoms with van der Waals surface area (Å²) in [5.74, 6) is -4.88. The van der Waals surface area contributed by atoms with E-state index in [4.69, 9.17) is 4.74 Å². The lowest BCUT2D eigenvalue weighted by molar-refractivity contribution is -0.385. The maximum atomic E-state index is 13.7. The van der Waals surface area contributed by atoms with Crippen LogP contribution in [0.5, 0.6) is 11.5 Å². The van der Waals surface area contributed by atoms with Gasteiger partial charge in [0.05, 0.1) is 10.5 Å². The number of alkyl halides is 3. The van der Waals surface area contributed by atoms with E-state index in [1.54, 1.807) is 22.6 Å². The van der Waals surface area contributed by atoms with Gasteiger partial charge in [-0.3, -0.25) is 10.1 Å². The lowest BCUT2D eigenvalue weighted by Gasteiger charge is -2.12.